The highest BCUT2D eigenvalue weighted by Crippen LogP contribution is 2.19. The van der Waals surface area contributed by atoms with E-state index in [1.54, 1.807) is 4.90 Å². The van der Waals surface area contributed by atoms with Crippen LogP contribution in [0, 0.1) is 0 Å². The topological polar surface area (TPSA) is 113 Å². The first-order valence-corrected chi connectivity index (χ1v) is 11.0. The lowest BCUT2D eigenvalue weighted by atomic mass is 10.2. The molecule has 0 unspecified atom stereocenters. The first kappa shape index (κ1) is 22.8. The molecule has 1 aromatic rings. The second-order valence-corrected chi connectivity index (χ2v) is 8.66. The van der Waals surface area contributed by atoms with Crippen molar-refractivity contribution in [1.82, 2.24) is 14.5 Å². The van der Waals surface area contributed by atoms with Gasteiger partial charge >= 0.3 is 5.97 Å². The van der Waals surface area contributed by atoms with Gasteiger partial charge in [0.15, 0.2) is 6.61 Å². The number of ether oxygens (including phenoxy) is 1. The van der Waals surface area contributed by atoms with Gasteiger partial charge in [-0.05, 0) is 24.6 Å². The van der Waals surface area contributed by atoms with Crippen LogP contribution in [0.4, 0.5) is 0 Å². The Morgan fingerprint density at radius 2 is 1.83 bits per heavy atom. The molecule has 1 fully saturated rings. The van der Waals surface area contributed by atoms with Crippen molar-refractivity contribution in [2.45, 2.75) is 31.6 Å². The molecule has 0 saturated carbocycles. The van der Waals surface area contributed by atoms with Gasteiger partial charge in [0.05, 0.1) is 10.5 Å². The van der Waals surface area contributed by atoms with Gasteiger partial charge in [-0.15, -0.1) is 0 Å². The van der Waals surface area contributed by atoms with Crippen LogP contribution in [0.3, 0.4) is 0 Å². The minimum atomic E-state index is -3.81. The predicted molar refractivity (Wildman–Crippen MR) is 106 cm³/mol. The van der Waals surface area contributed by atoms with Gasteiger partial charge in [-0.3, -0.25) is 9.59 Å². The SMILES string of the molecule is CCCCNC(=O)COC(=O)c1cccc(S(=O)(=O)N2CCN(C(C)=O)CC2)c1. The molecule has 2 rings (SSSR count). The number of carbonyl (C=O) groups is 3. The number of carbonyl (C=O) groups excluding carboxylic acids is 3. The standard InChI is InChI=1S/C19H27N3O6S/c1-3-4-8-20-18(24)14-28-19(25)16-6-5-7-17(13-16)29(26,27)22-11-9-21(10-12-22)15(2)23/h5-7,13H,3-4,8-12,14H2,1-2H3,(H,20,24). The van der Waals surface area contributed by atoms with Gasteiger partial charge in [-0.1, -0.05) is 19.4 Å². The number of esters is 1. The Bertz CT molecular complexity index is 847. The molecule has 1 heterocycles. The number of hydrogen-bond acceptors (Lipinski definition) is 6. The zero-order valence-electron chi connectivity index (χ0n) is 16.7. The summed E-state index contributed by atoms with van der Waals surface area (Å²) in [5, 5.41) is 2.63. The summed E-state index contributed by atoms with van der Waals surface area (Å²) in [4.78, 5) is 36.8. The fourth-order valence-electron chi connectivity index (χ4n) is 2.85. The molecule has 0 bridgehead atoms. The van der Waals surface area contributed by atoms with E-state index in [4.69, 9.17) is 4.74 Å². The van der Waals surface area contributed by atoms with Crippen LogP contribution in [0.5, 0.6) is 0 Å². The number of amides is 2. The normalized spacial score (nSPS) is 15.0. The Hall–Kier alpha value is -2.46. The second-order valence-electron chi connectivity index (χ2n) is 6.72. The van der Waals surface area contributed by atoms with Crippen LogP contribution in [0.25, 0.3) is 0 Å². The molecular formula is C19H27N3O6S. The van der Waals surface area contributed by atoms with E-state index in [0.29, 0.717) is 19.6 Å². The molecule has 1 aliphatic rings. The van der Waals surface area contributed by atoms with Crippen LogP contribution in [-0.4, -0.2) is 74.7 Å². The molecule has 160 valence electrons. The molecular weight excluding hydrogens is 398 g/mol. The van der Waals surface area contributed by atoms with Gasteiger partial charge in [-0.2, -0.15) is 4.31 Å². The number of piperazine rings is 1. The van der Waals surface area contributed by atoms with Crippen molar-refractivity contribution in [3.05, 3.63) is 29.8 Å². The van der Waals surface area contributed by atoms with Gasteiger partial charge in [-0.25, -0.2) is 13.2 Å². The summed E-state index contributed by atoms with van der Waals surface area (Å²) >= 11 is 0. The molecule has 10 heteroatoms. The van der Waals surface area contributed by atoms with Crippen LogP contribution in [0.1, 0.15) is 37.0 Å². The van der Waals surface area contributed by atoms with E-state index in [1.807, 2.05) is 6.92 Å². The third-order valence-electron chi connectivity index (χ3n) is 4.58. The number of hydrogen-bond donors (Lipinski definition) is 1. The maximum absolute atomic E-state index is 12.9. The average Bonchev–Trinajstić information content (AvgIpc) is 2.72. The summed E-state index contributed by atoms with van der Waals surface area (Å²) in [5.41, 5.74) is 0.0507. The average molecular weight is 426 g/mol. The lowest BCUT2D eigenvalue weighted by molar-refractivity contribution is -0.130. The first-order chi connectivity index (χ1) is 13.8. The van der Waals surface area contributed by atoms with E-state index in [2.05, 4.69) is 5.32 Å². The highest BCUT2D eigenvalue weighted by Gasteiger charge is 2.29. The molecule has 1 saturated heterocycles. The van der Waals surface area contributed by atoms with Crippen molar-refractivity contribution in [3.63, 3.8) is 0 Å². The fraction of sp³-hybridized carbons (Fsp3) is 0.526. The number of rotatable bonds is 8. The van der Waals surface area contributed by atoms with Crippen molar-refractivity contribution in [3.8, 4) is 0 Å². The molecule has 9 nitrogen and oxygen atoms in total. The van der Waals surface area contributed by atoms with Crippen LogP contribution in [0.2, 0.25) is 0 Å². The largest absolute Gasteiger partial charge is 0.452 e. The third kappa shape index (κ3) is 6.26. The van der Waals surface area contributed by atoms with E-state index >= 15 is 0 Å². The van der Waals surface area contributed by atoms with Crippen LogP contribution < -0.4 is 5.32 Å². The molecule has 0 atom stereocenters. The molecule has 1 N–H and O–H groups in total. The molecule has 1 aromatic carbocycles. The van der Waals surface area contributed by atoms with Gasteiger partial charge < -0.3 is 15.0 Å². The highest BCUT2D eigenvalue weighted by atomic mass is 32.2. The number of nitrogens with one attached hydrogen (secondary N) is 1. The van der Waals surface area contributed by atoms with Crippen LogP contribution in [0.15, 0.2) is 29.2 Å². The Balaban J connectivity index is 2.00. The molecule has 0 radical (unpaired) electrons. The van der Waals surface area contributed by atoms with Crippen molar-refractivity contribution in [2.75, 3.05) is 39.3 Å². The van der Waals surface area contributed by atoms with Crippen molar-refractivity contribution in [1.29, 1.82) is 0 Å². The van der Waals surface area contributed by atoms with Crippen LogP contribution >= 0.6 is 0 Å². The lowest BCUT2D eigenvalue weighted by Crippen LogP contribution is -2.49. The van der Waals surface area contributed by atoms with E-state index in [9.17, 15) is 22.8 Å². The van der Waals surface area contributed by atoms with Crippen LogP contribution in [-0.2, 0) is 24.3 Å². The molecule has 0 aromatic heterocycles. The Labute approximate surface area is 171 Å². The fourth-order valence-corrected chi connectivity index (χ4v) is 4.31. The lowest BCUT2D eigenvalue weighted by Gasteiger charge is -2.33. The molecule has 1 aliphatic heterocycles. The first-order valence-electron chi connectivity index (χ1n) is 9.55. The highest BCUT2D eigenvalue weighted by molar-refractivity contribution is 7.89. The zero-order valence-corrected chi connectivity index (χ0v) is 17.5. The van der Waals surface area contributed by atoms with E-state index < -0.39 is 28.5 Å². The maximum Gasteiger partial charge on any atom is 0.338 e. The third-order valence-corrected chi connectivity index (χ3v) is 6.47. The van der Waals surface area contributed by atoms with E-state index in [0.717, 1.165) is 12.8 Å². The molecule has 2 amide bonds. The maximum atomic E-state index is 12.9. The summed E-state index contributed by atoms with van der Waals surface area (Å²) in [6, 6.07) is 5.53. The Morgan fingerprint density at radius 1 is 1.14 bits per heavy atom. The predicted octanol–water partition coefficient (Wildman–Crippen LogP) is 0.613. The quantitative estimate of drug-likeness (QED) is 0.482. The summed E-state index contributed by atoms with van der Waals surface area (Å²) in [5.74, 6) is -1.27. The number of benzene rings is 1. The summed E-state index contributed by atoms with van der Waals surface area (Å²) < 4.78 is 32.0. The Kier molecular flexibility index (Phi) is 8.15. The van der Waals surface area contributed by atoms with Gasteiger partial charge in [0.2, 0.25) is 15.9 Å². The minimum absolute atomic E-state index is 0.0318. The van der Waals surface area contributed by atoms with Gasteiger partial charge in [0.1, 0.15) is 0 Å². The number of sulfonamides is 1. The minimum Gasteiger partial charge on any atom is -0.452 e. The summed E-state index contributed by atoms with van der Waals surface area (Å²) in [7, 11) is -3.81. The Morgan fingerprint density at radius 3 is 2.45 bits per heavy atom. The van der Waals surface area contributed by atoms with Crippen molar-refractivity contribution >= 4 is 27.8 Å². The smallest absolute Gasteiger partial charge is 0.338 e. The monoisotopic (exact) mass is 425 g/mol. The van der Waals surface area contributed by atoms with Crippen molar-refractivity contribution in [2.24, 2.45) is 0 Å². The summed E-state index contributed by atoms with van der Waals surface area (Å²) in [6.45, 7) is 4.56. The number of nitrogens with zero attached hydrogens (tertiary/aromatic N) is 2. The summed E-state index contributed by atoms with van der Waals surface area (Å²) in [6.07, 6.45) is 1.77. The van der Waals surface area contributed by atoms with E-state index in [-0.39, 0.29) is 29.5 Å². The van der Waals surface area contributed by atoms with Crippen molar-refractivity contribution < 1.29 is 27.5 Å². The second kappa shape index (κ2) is 10.4. The van der Waals surface area contributed by atoms with E-state index in [1.165, 1.54) is 35.5 Å². The number of unbranched alkanes of at least 4 members (excludes halogenated alkanes) is 1. The van der Waals surface area contributed by atoms with Gasteiger partial charge in [0, 0.05) is 39.6 Å². The molecule has 29 heavy (non-hydrogen) atoms. The molecule has 0 aliphatic carbocycles. The van der Waals surface area contributed by atoms with Gasteiger partial charge in [0.25, 0.3) is 5.91 Å². The molecule has 0 spiro atoms. The zero-order chi connectivity index (χ0) is 21.4.